The lowest BCUT2D eigenvalue weighted by Crippen LogP contribution is -2.58. The van der Waals surface area contributed by atoms with Crippen LogP contribution in [0.25, 0.3) is 0 Å². The molecular weight excluding hydrogens is 352 g/mol. The monoisotopic (exact) mass is 384 g/mol. The van der Waals surface area contributed by atoms with Crippen molar-refractivity contribution in [3.8, 4) is 0 Å². The Bertz CT molecular complexity index is 788. The molecular formula is C21H32N6O. The van der Waals surface area contributed by atoms with Crippen molar-refractivity contribution in [2.75, 3.05) is 26.2 Å². The molecule has 1 atom stereocenters. The van der Waals surface area contributed by atoms with Crippen LogP contribution < -0.4 is 0 Å². The Balaban J connectivity index is 1.47. The van der Waals surface area contributed by atoms with Crippen molar-refractivity contribution in [2.45, 2.75) is 52.1 Å². The summed E-state index contributed by atoms with van der Waals surface area (Å²) in [6.07, 6.45) is 8.47. The fourth-order valence-electron chi connectivity index (χ4n) is 4.96. The number of aromatic nitrogens is 4. The minimum Gasteiger partial charge on any atom is -0.348 e. The average Bonchev–Trinajstić information content (AvgIpc) is 3.36. The van der Waals surface area contributed by atoms with Crippen LogP contribution in [0.2, 0.25) is 0 Å². The van der Waals surface area contributed by atoms with E-state index in [0.717, 1.165) is 45.4 Å². The van der Waals surface area contributed by atoms with Gasteiger partial charge in [0, 0.05) is 50.7 Å². The van der Waals surface area contributed by atoms with Gasteiger partial charge in [0.25, 0.3) is 0 Å². The van der Waals surface area contributed by atoms with E-state index < -0.39 is 0 Å². The lowest BCUT2D eigenvalue weighted by molar-refractivity contribution is -0.139. The van der Waals surface area contributed by atoms with Crippen molar-refractivity contribution < 1.29 is 4.79 Å². The van der Waals surface area contributed by atoms with E-state index in [1.807, 2.05) is 35.1 Å². The zero-order valence-corrected chi connectivity index (χ0v) is 17.3. The van der Waals surface area contributed by atoms with Crippen LogP contribution in [-0.4, -0.2) is 61.6 Å². The van der Waals surface area contributed by atoms with Crippen molar-refractivity contribution in [1.82, 2.24) is 29.5 Å². The molecule has 7 heteroatoms. The van der Waals surface area contributed by atoms with Crippen molar-refractivity contribution in [1.29, 1.82) is 0 Å². The Morgan fingerprint density at radius 1 is 1.21 bits per heavy atom. The first kappa shape index (κ1) is 19.2. The highest BCUT2D eigenvalue weighted by atomic mass is 16.2. The molecule has 0 aliphatic carbocycles. The highest BCUT2D eigenvalue weighted by Gasteiger charge is 2.47. The average molecular weight is 385 g/mol. The van der Waals surface area contributed by atoms with Crippen molar-refractivity contribution in [3.63, 3.8) is 0 Å². The number of carbonyl (C=O) groups is 1. The maximum atomic E-state index is 13.0. The summed E-state index contributed by atoms with van der Waals surface area (Å²) in [6.45, 7) is 10.9. The molecule has 0 radical (unpaired) electrons. The fraction of sp³-hybridized carbons (Fsp3) is 0.667. The van der Waals surface area contributed by atoms with Gasteiger partial charge in [-0.3, -0.25) is 14.4 Å². The Morgan fingerprint density at radius 3 is 2.68 bits per heavy atom. The highest BCUT2D eigenvalue weighted by molar-refractivity contribution is 5.78. The number of fused-ring (bicyclic) bond motifs is 2. The van der Waals surface area contributed by atoms with E-state index >= 15 is 0 Å². The third-order valence-corrected chi connectivity index (χ3v) is 6.33. The van der Waals surface area contributed by atoms with Crippen molar-refractivity contribution >= 4 is 5.91 Å². The molecule has 0 unspecified atom stereocenters. The standard InChI is InChI=1S/C21H32N6O/c1-16(2)13-26-10-5-18-19(23-15-22-18)21(26)6-11-25(12-7-21)20(28)17(3)14-27-9-4-8-24-27/h4,8-9,15-17H,5-7,10-14H2,1-3H3,(H,22,23)/t17-/m0/s1. The Kier molecular flexibility index (Phi) is 5.27. The van der Waals surface area contributed by atoms with Gasteiger partial charge < -0.3 is 9.88 Å². The molecule has 7 nitrogen and oxygen atoms in total. The molecule has 2 aliphatic rings. The van der Waals surface area contributed by atoms with E-state index in [1.165, 1.54) is 11.4 Å². The number of carbonyl (C=O) groups excluding carboxylic acids is 1. The van der Waals surface area contributed by atoms with Crippen LogP contribution in [0.1, 0.15) is 45.0 Å². The molecule has 1 fully saturated rings. The molecule has 0 saturated carbocycles. The first-order valence-electron chi connectivity index (χ1n) is 10.5. The number of imidazole rings is 1. The number of H-pyrrole nitrogens is 1. The van der Waals surface area contributed by atoms with Crippen LogP contribution in [0.4, 0.5) is 0 Å². The molecule has 2 aromatic heterocycles. The predicted octanol–water partition coefficient (Wildman–Crippen LogP) is 2.27. The molecule has 0 aromatic carbocycles. The summed E-state index contributed by atoms with van der Waals surface area (Å²) in [5.74, 6) is 0.790. The van der Waals surface area contributed by atoms with Gasteiger partial charge in [-0.1, -0.05) is 20.8 Å². The number of aromatic amines is 1. The summed E-state index contributed by atoms with van der Waals surface area (Å²) >= 11 is 0. The summed E-state index contributed by atoms with van der Waals surface area (Å²) in [5, 5.41) is 4.24. The SMILES string of the molecule is CC(C)CN1CCc2[nH]cnc2C12CCN(C(=O)[C@@H](C)Cn1cccn1)CC2. The summed E-state index contributed by atoms with van der Waals surface area (Å²) in [4.78, 5) is 25.8. The van der Waals surface area contributed by atoms with Crippen molar-refractivity contribution in [2.24, 2.45) is 11.8 Å². The van der Waals surface area contributed by atoms with E-state index in [1.54, 1.807) is 6.20 Å². The van der Waals surface area contributed by atoms with Gasteiger partial charge in [0.05, 0.1) is 30.0 Å². The van der Waals surface area contributed by atoms with Crippen LogP contribution in [0, 0.1) is 11.8 Å². The summed E-state index contributed by atoms with van der Waals surface area (Å²) in [7, 11) is 0. The number of piperidine rings is 1. The topological polar surface area (TPSA) is 70.1 Å². The number of nitrogens with zero attached hydrogens (tertiary/aromatic N) is 5. The molecule has 1 spiro atoms. The van der Waals surface area contributed by atoms with Crippen molar-refractivity contribution in [3.05, 3.63) is 36.2 Å². The molecule has 0 bridgehead atoms. The van der Waals surface area contributed by atoms with Gasteiger partial charge in [0.1, 0.15) is 0 Å². The van der Waals surface area contributed by atoms with Crippen LogP contribution in [0.15, 0.2) is 24.8 Å². The summed E-state index contributed by atoms with van der Waals surface area (Å²) in [6, 6.07) is 1.90. The molecule has 4 heterocycles. The molecule has 4 rings (SSSR count). The molecule has 152 valence electrons. The van der Waals surface area contributed by atoms with Gasteiger partial charge in [-0.15, -0.1) is 0 Å². The Labute approximate surface area is 167 Å². The van der Waals surface area contributed by atoms with Crippen LogP contribution in [0.3, 0.4) is 0 Å². The number of nitrogens with one attached hydrogen (secondary N) is 1. The maximum Gasteiger partial charge on any atom is 0.227 e. The van der Waals surface area contributed by atoms with Gasteiger partial charge in [0.2, 0.25) is 5.91 Å². The number of hydrogen-bond donors (Lipinski definition) is 1. The number of hydrogen-bond acceptors (Lipinski definition) is 4. The van der Waals surface area contributed by atoms with Crippen LogP contribution in [-0.2, 0) is 23.3 Å². The smallest absolute Gasteiger partial charge is 0.227 e. The van der Waals surface area contributed by atoms with Gasteiger partial charge >= 0.3 is 0 Å². The summed E-state index contributed by atoms with van der Waals surface area (Å²) in [5.41, 5.74) is 2.47. The third kappa shape index (κ3) is 3.48. The lowest BCUT2D eigenvalue weighted by atomic mass is 9.78. The normalized spacial score (nSPS) is 20.5. The molecule has 2 aliphatic heterocycles. The van der Waals surface area contributed by atoms with Gasteiger partial charge in [-0.2, -0.15) is 5.10 Å². The largest absolute Gasteiger partial charge is 0.348 e. The molecule has 1 N–H and O–H groups in total. The second-order valence-electron chi connectivity index (χ2n) is 8.81. The quantitative estimate of drug-likeness (QED) is 0.859. The highest BCUT2D eigenvalue weighted by Crippen LogP contribution is 2.42. The van der Waals surface area contributed by atoms with E-state index in [0.29, 0.717) is 12.5 Å². The zero-order valence-electron chi connectivity index (χ0n) is 17.3. The van der Waals surface area contributed by atoms with Gasteiger partial charge in [-0.05, 0) is 24.8 Å². The van der Waals surface area contributed by atoms with Gasteiger partial charge in [-0.25, -0.2) is 4.98 Å². The van der Waals surface area contributed by atoms with Gasteiger partial charge in [0.15, 0.2) is 0 Å². The number of rotatable bonds is 5. The predicted molar refractivity (Wildman–Crippen MR) is 108 cm³/mol. The lowest BCUT2D eigenvalue weighted by Gasteiger charge is -2.51. The number of likely N-dealkylation sites (tertiary alicyclic amines) is 1. The molecule has 1 saturated heterocycles. The Morgan fingerprint density at radius 2 is 2.00 bits per heavy atom. The van der Waals surface area contributed by atoms with Crippen LogP contribution >= 0.6 is 0 Å². The first-order chi connectivity index (χ1) is 13.5. The zero-order chi connectivity index (χ0) is 19.7. The molecule has 2 aromatic rings. The second kappa shape index (κ2) is 7.70. The Hall–Kier alpha value is -2.15. The summed E-state index contributed by atoms with van der Waals surface area (Å²) < 4.78 is 1.84. The molecule has 28 heavy (non-hydrogen) atoms. The molecule has 1 amide bonds. The maximum absolute atomic E-state index is 13.0. The van der Waals surface area contributed by atoms with E-state index in [2.05, 4.69) is 28.8 Å². The third-order valence-electron chi connectivity index (χ3n) is 6.33. The van der Waals surface area contributed by atoms with Crippen LogP contribution in [0.5, 0.6) is 0 Å². The second-order valence-corrected chi connectivity index (χ2v) is 8.81. The minimum absolute atomic E-state index is 0.0279. The van der Waals surface area contributed by atoms with E-state index in [9.17, 15) is 4.79 Å². The van der Waals surface area contributed by atoms with E-state index in [-0.39, 0.29) is 17.4 Å². The van der Waals surface area contributed by atoms with E-state index in [4.69, 9.17) is 4.98 Å². The number of amides is 1. The minimum atomic E-state index is -0.0620. The first-order valence-corrected chi connectivity index (χ1v) is 10.5. The fourth-order valence-corrected chi connectivity index (χ4v) is 4.96.